The molecule has 0 heterocycles. The minimum atomic E-state index is -3.69. The number of sulfonamides is 1. The maximum absolute atomic E-state index is 13.8. The lowest BCUT2D eigenvalue weighted by Crippen LogP contribution is -2.53. The van der Waals surface area contributed by atoms with E-state index in [1.165, 1.54) is 4.90 Å². The molecule has 8 heteroatoms. The molecule has 7 nitrogen and oxygen atoms in total. The molecule has 1 N–H and O–H groups in total. The predicted octanol–water partition coefficient (Wildman–Crippen LogP) is 3.22. The lowest BCUT2D eigenvalue weighted by atomic mass is 10.0. The van der Waals surface area contributed by atoms with Crippen LogP contribution in [0.4, 0.5) is 0 Å². The molecule has 3 aromatic rings. The first kappa shape index (κ1) is 27.1. The summed E-state index contributed by atoms with van der Waals surface area (Å²) in [4.78, 5) is 28.5. The molecule has 0 spiro atoms. The smallest absolute Gasteiger partial charge is 0.243 e. The lowest BCUT2D eigenvalue weighted by molar-refractivity contribution is -0.141. The molecule has 36 heavy (non-hydrogen) atoms. The Labute approximate surface area is 213 Å². The molecule has 3 aromatic carbocycles. The van der Waals surface area contributed by atoms with Crippen molar-refractivity contribution in [3.8, 4) is 0 Å². The van der Waals surface area contributed by atoms with Crippen LogP contribution in [-0.2, 0) is 39.1 Å². The number of carbonyl (C=O) groups excluding carboxylic acids is 2. The van der Waals surface area contributed by atoms with Crippen molar-refractivity contribution in [1.29, 1.82) is 0 Å². The van der Waals surface area contributed by atoms with Gasteiger partial charge in [-0.05, 0) is 23.6 Å². The van der Waals surface area contributed by atoms with E-state index in [-0.39, 0.29) is 25.5 Å². The predicted molar refractivity (Wildman–Crippen MR) is 141 cm³/mol. The van der Waals surface area contributed by atoms with Crippen LogP contribution in [0.1, 0.15) is 23.6 Å². The van der Waals surface area contributed by atoms with Crippen LogP contribution in [0, 0.1) is 0 Å². The number of hydrogen-bond donors (Lipinski definition) is 1. The summed E-state index contributed by atoms with van der Waals surface area (Å²) in [6.07, 6.45) is 1.40. The highest BCUT2D eigenvalue weighted by Crippen LogP contribution is 2.17. The summed E-state index contributed by atoms with van der Waals surface area (Å²) in [6.45, 7) is 2.12. The molecule has 0 aromatic heterocycles. The monoisotopic (exact) mass is 507 g/mol. The zero-order chi connectivity index (χ0) is 26.0. The van der Waals surface area contributed by atoms with Crippen molar-refractivity contribution in [3.05, 3.63) is 108 Å². The van der Waals surface area contributed by atoms with Gasteiger partial charge in [0, 0.05) is 26.1 Å². The fraction of sp³-hybridized carbons (Fsp3) is 0.286. The van der Waals surface area contributed by atoms with Crippen LogP contribution in [0.2, 0.25) is 0 Å². The van der Waals surface area contributed by atoms with Gasteiger partial charge in [0.1, 0.15) is 6.04 Å². The van der Waals surface area contributed by atoms with Crippen LogP contribution in [0.25, 0.3) is 0 Å². The Kier molecular flexibility index (Phi) is 9.78. The summed E-state index contributed by atoms with van der Waals surface area (Å²) in [6, 6.07) is 27.2. The molecular weight excluding hydrogens is 474 g/mol. The van der Waals surface area contributed by atoms with Gasteiger partial charge in [-0.1, -0.05) is 91.0 Å². The normalized spacial score (nSPS) is 12.2. The molecule has 190 valence electrons. The van der Waals surface area contributed by atoms with Crippen molar-refractivity contribution in [2.75, 3.05) is 19.3 Å². The first-order valence-corrected chi connectivity index (χ1v) is 13.8. The maximum atomic E-state index is 13.8. The van der Waals surface area contributed by atoms with Crippen molar-refractivity contribution < 1.29 is 18.0 Å². The number of benzene rings is 3. The molecule has 0 radical (unpaired) electrons. The van der Waals surface area contributed by atoms with Crippen molar-refractivity contribution in [1.82, 2.24) is 14.5 Å². The molecule has 0 aliphatic carbocycles. The summed E-state index contributed by atoms with van der Waals surface area (Å²) in [5.74, 6) is -0.716. The molecule has 0 saturated carbocycles. The van der Waals surface area contributed by atoms with Gasteiger partial charge in [-0.15, -0.1) is 0 Å². The fourth-order valence-electron chi connectivity index (χ4n) is 3.95. The van der Waals surface area contributed by atoms with Crippen molar-refractivity contribution in [2.24, 2.45) is 0 Å². The van der Waals surface area contributed by atoms with E-state index in [1.54, 1.807) is 0 Å². The molecule has 0 aliphatic rings. The highest BCUT2D eigenvalue weighted by molar-refractivity contribution is 7.88. The van der Waals surface area contributed by atoms with Gasteiger partial charge in [0.05, 0.1) is 12.8 Å². The average Bonchev–Trinajstić information content (AvgIpc) is 2.87. The lowest BCUT2D eigenvalue weighted by Gasteiger charge is -2.33. The minimum absolute atomic E-state index is 0.0646. The van der Waals surface area contributed by atoms with Gasteiger partial charge < -0.3 is 10.2 Å². The molecule has 0 fully saturated rings. The standard InChI is InChI=1S/C28H33N3O4S/c1-3-29-28(33)26(19-23-13-7-4-8-14-23)31(21-25-17-11-6-12-18-25)27(32)22-30(36(2,34)35)20-24-15-9-5-10-16-24/h4-18,26H,3,19-22H2,1-2H3,(H,29,33). The van der Waals surface area contributed by atoms with Gasteiger partial charge in [0.15, 0.2) is 0 Å². The van der Waals surface area contributed by atoms with Crippen LogP contribution in [0.15, 0.2) is 91.0 Å². The van der Waals surface area contributed by atoms with Gasteiger partial charge in [0.25, 0.3) is 0 Å². The maximum Gasteiger partial charge on any atom is 0.243 e. The zero-order valence-electron chi connectivity index (χ0n) is 20.7. The summed E-state index contributed by atoms with van der Waals surface area (Å²) in [5.41, 5.74) is 2.53. The third-order valence-corrected chi connectivity index (χ3v) is 7.00. The quantitative estimate of drug-likeness (QED) is 0.408. The molecule has 2 amide bonds. The molecule has 0 bridgehead atoms. The van der Waals surface area contributed by atoms with Gasteiger partial charge in [-0.2, -0.15) is 4.31 Å². The number of hydrogen-bond acceptors (Lipinski definition) is 4. The molecule has 0 saturated heterocycles. The molecular formula is C28H33N3O4S. The Morgan fingerprint density at radius 2 is 1.25 bits per heavy atom. The number of carbonyl (C=O) groups is 2. The Hall–Kier alpha value is -3.49. The first-order valence-electron chi connectivity index (χ1n) is 11.9. The molecule has 3 rings (SSSR count). The number of rotatable bonds is 12. The van der Waals surface area contributed by atoms with E-state index in [0.29, 0.717) is 13.0 Å². The second-order valence-corrected chi connectivity index (χ2v) is 10.6. The molecule has 1 unspecified atom stereocenters. The van der Waals surface area contributed by atoms with Crippen LogP contribution < -0.4 is 5.32 Å². The van der Waals surface area contributed by atoms with Crippen molar-refractivity contribution >= 4 is 21.8 Å². The summed E-state index contributed by atoms with van der Waals surface area (Å²) < 4.78 is 26.4. The summed E-state index contributed by atoms with van der Waals surface area (Å²) in [7, 11) is -3.69. The molecule has 1 atom stereocenters. The van der Waals surface area contributed by atoms with Crippen LogP contribution in [0.3, 0.4) is 0 Å². The highest BCUT2D eigenvalue weighted by Gasteiger charge is 2.32. The Balaban J connectivity index is 1.95. The van der Waals surface area contributed by atoms with Crippen LogP contribution >= 0.6 is 0 Å². The Morgan fingerprint density at radius 1 is 0.778 bits per heavy atom. The second kappa shape index (κ2) is 13.0. The summed E-state index contributed by atoms with van der Waals surface area (Å²) in [5, 5.41) is 2.85. The van der Waals surface area contributed by atoms with Crippen LogP contribution in [-0.4, -0.2) is 54.8 Å². The average molecular weight is 508 g/mol. The third kappa shape index (κ3) is 8.03. The first-order chi connectivity index (χ1) is 17.3. The second-order valence-electron chi connectivity index (χ2n) is 8.62. The van der Waals surface area contributed by atoms with Gasteiger partial charge >= 0.3 is 0 Å². The van der Waals surface area contributed by atoms with Gasteiger partial charge in [-0.3, -0.25) is 9.59 Å². The van der Waals surface area contributed by atoms with E-state index in [9.17, 15) is 18.0 Å². The van der Waals surface area contributed by atoms with Gasteiger partial charge in [-0.25, -0.2) is 8.42 Å². The van der Waals surface area contributed by atoms with E-state index in [1.807, 2.05) is 97.9 Å². The van der Waals surface area contributed by atoms with E-state index >= 15 is 0 Å². The van der Waals surface area contributed by atoms with Crippen molar-refractivity contribution in [3.63, 3.8) is 0 Å². The van der Waals surface area contributed by atoms with E-state index in [4.69, 9.17) is 0 Å². The highest BCUT2D eigenvalue weighted by atomic mass is 32.2. The number of nitrogens with zero attached hydrogens (tertiary/aromatic N) is 2. The van der Waals surface area contributed by atoms with E-state index in [0.717, 1.165) is 27.3 Å². The Bertz CT molecular complexity index is 1220. The molecule has 0 aliphatic heterocycles. The topological polar surface area (TPSA) is 86.8 Å². The van der Waals surface area contributed by atoms with E-state index in [2.05, 4.69) is 5.32 Å². The third-order valence-electron chi connectivity index (χ3n) is 5.80. The SMILES string of the molecule is CCNC(=O)C(Cc1ccccc1)N(Cc1ccccc1)C(=O)CN(Cc1ccccc1)S(C)(=O)=O. The van der Waals surface area contributed by atoms with E-state index < -0.39 is 22.0 Å². The number of likely N-dealkylation sites (N-methyl/N-ethyl adjacent to an activating group) is 1. The number of nitrogens with one attached hydrogen (secondary N) is 1. The fourth-order valence-corrected chi connectivity index (χ4v) is 4.67. The summed E-state index contributed by atoms with van der Waals surface area (Å²) >= 11 is 0. The number of amides is 2. The zero-order valence-corrected chi connectivity index (χ0v) is 21.5. The minimum Gasteiger partial charge on any atom is -0.355 e. The van der Waals surface area contributed by atoms with Crippen LogP contribution in [0.5, 0.6) is 0 Å². The Morgan fingerprint density at radius 3 is 1.72 bits per heavy atom. The van der Waals surface area contributed by atoms with Crippen molar-refractivity contribution in [2.45, 2.75) is 32.5 Å². The van der Waals surface area contributed by atoms with Gasteiger partial charge in [0.2, 0.25) is 21.8 Å². The largest absolute Gasteiger partial charge is 0.355 e.